The molecule has 1 atom stereocenters. The van der Waals surface area contributed by atoms with Crippen LogP contribution in [0.4, 0.5) is 14.5 Å². The number of nitrogens with zero attached hydrogens (tertiary/aromatic N) is 2. The Morgan fingerprint density at radius 3 is 2.68 bits per heavy atom. The van der Waals surface area contributed by atoms with Gasteiger partial charge in [-0.05, 0) is 30.0 Å². The molecule has 0 radical (unpaired) electrons. The summed E-state index contributed by atoms with van der Waals surface area (Å²) in [5.74, 6) is -0.337. The maximum absolute atomic E-state index is 13.9. The number of nitrogens with one attached hydrogen (secondary N) is 2. The molecule has 2 heterocycles. The fourth-order valence-corrected chi connectivity index (χ4v) is 3.49. The first-order valence-electron chi connectivity index (χ1n) is 7.86. The molecule has 1 aromatic carbocycles. The summed E-state index contributed by atoms with van der Waals surface area (Å²) in [6.07, 6.45) is 0.799. The third kappa shape index (κ3) is 5.04. The molecule has 0 saturated carbocycles. The molecule has 1 aliphatic rings. The molecule has 1 saturated heterocycles. The zero-order valence-electron chi connectivity index (χ0n) is 13.8. The van der Waals surface area contributed by atoms with Crippen molar-refractivity contribution in [1.29, 1.82) is 0 Å². The van der Waals surface area contributed by atoms with Crippen LogP contribution in [-0.4, -0.2) is 32.1 Å². The Hall–Kier alpha value is -1.42. The van der Waals surface area contributed by atoms with Crippen molar-refractivity contribution in [1.82, 2.24) is 10.6 Å². The Labute approximate surface area is 167 Å². The summed E-state index contributed by atoms with van der Waals surface area (Å²) in [5, 5.41) is 8.62. The lowest BCUT2D eigenvalue weighted by molar-refractivity contribution is 0.576. The molecule has 1 aromatic heterocycles. The predicted molar refractivity (Wildman–Crippen MR) is 110 cm³/mol. The van der Waals surface area contributed by atoms with Gasteiger partial charge in [-0.15, -0.1) is 35.3 Å². The van der Waals surface area contributed by atoms with E-state index in [1.165, 1.54) is 23.1 Å². The molecule has 136 valence electrons. The minimum absolute atomic E-state index is 0. The average molecular weight is 478 g/mol. The number of rotatable bonds is 4. The molecule has 8 heteroatoms. The van der Waals surface area contributed by atoms with Crippen LogP contribution in [0, 0.1) is 11.6 Å². The van der Waals surface area contributed by atoms with Gasteiger partial charge in [0.25, 0.3) is 0 Å². The number of hydrogen-bond donors (Lipinski definition) is 2. The van der Waals surface area contributed by atoms with Gasteiger partial charge in [0.15, 0.2) is 5.96 Å². The largest absolute Gasteiger partial charge is 0.365 e. The molecule has 1 fully saturated rings. The Balaban J connectivity index is 0.00000225. The van der Waals surface area contributed by atoms with E-state index in [1.54, 1.807) is 23.3 Å². The lowest BCUT2D eigenvalue weighted by Gasteiger charge is -2.21. The first kappa shape index (κ1) is 19.9. The van der Waals surface area contributed by atoms with Gasteiger partial charge in [0.1, 0.15) is 17.3 Å². The van der Waals surface area contributed by atoms with Crippen LogP contribution in [0.3, 0.4) is 0 Å². The van der Waals surface area contributed by atoms with Crippen molar-refractivity contribution in [2.75, 3.05) is 25.0 Å². The summed E-state index contributed by atoms with van der Waals surface area (Å²) in [4.78, 5) is 7.18. The van der Waals surface area contributed by atoms with Gasteiger partial charge in [0.2, 0.25) is 0 Å². The standard InChI is InChI=1S/C17H20F2N4S.HI/c1-20-17(21-10-13-4-3-9-24-13)22-12-7-8-23(11-12)16-14(18)5-2-6-15(16)19;/h2-6,9,12H,7-8,10-11H2,1H3,(H2,20,21,22);1H. The van der Waals surface area contributed by atoms with Gasteiger partial charge in [-0.25, -0.2) is 8.78 Å². The van der Waals surface area contributed by atoms with Crippen molar-refractivity contribution in [2.24, 2.45) is 4.99 Å². The van der Waals surface area contributed by atoms with Crippen molar-refractivity contribution >= 4 is 47.0 Å². The molecule has 25 heavy (non-hydrogen) atoms. The van der Waals surface area contributed by atoms with Gasteiger partial charge < -0.3 is 15.5 Å². The fourth-order valence-electron chi connectivity index (χ4n) is 2.84. The zero-order chi connectivity index (χ0) is 16.9. The highest BCUT2D eigenvalue weighted by atomic mass is 127. The average Bonchev–Trinajstić information content (AvgIpc) is 3.23. The molecule has 0 amide bonds. The normalized spacial score (nSPS) is 17.3. The maximum atomic E-state index is 13.9. The Morgan fingerprint density at radius 2 is 2.04 bits per heavy atom. The van der Waals surface area contributed by atoms with E-state index in [0.717, 1.165) is 6.42 Å². The summed E-state index contributed by atoms with van der Waals surface area (Å²) in [6, 6.07) is 8.13. The summed E-state index contributed by atoms with van der Waals surface area (Å²) in [7, 11) is 1.72. The highest BCUT2D eigenvalue weighted by Crippen LogP contribution is 2.26. The number of aliphatic imine (C=N–C) groups is 1. The molecule has 1 aliphatic heterocycles. The fraction of sp³-hybridized carbons (Fsp3) is 0.353. The van der Waals surface area contributed by atoms with E-state index in [1.807, 2.05) is 11.4 Å². The van der Waals surface area contributed by atoms with Crippen molar-refractivity contribution in [3.8, 4) is 0 Å². The monoisotopic (exact) mass is 478 g/mol. The number of halogens is 3. The Morgan fingerprint density at radius 1 is 1.28 bits per heavy atom. The second-order valence-electron chi connectivity index (χ2n) is 5.65. The molecule has 2 N–H and O–H groups in total. The molecule has 3 rings (SSSR count). The minimum Gasteiger partial charge on any atom is -0.365 e. The molecular weight excluding hydrogens is 457 g/mol. The van der Waals surface area contributed by atoms with Gasteiger partial charge in [-0.1, -0.05) is 12.1 Å². The third-order valence-corrected chi connectivity index (χ3v) is 4.89. The number of benzene rings is 1. The Kier molecular flexibility index (Phi) is 7.42. The number of guanidine groups is 1. The van der Waals surface area contributed by atoms with Crippen LogP contribution in [0.1, 0.15) is 11.3 Å². The van der Waals surface area contributed by atoms with Gasteiger partial charge in [-0.3, -0.25) is 4.99 Å². The quantitative estimate of drug-likeness (QED) is 0.401. The smallest absolute Gasteiger partial charge is 0.191 e. The van der Waals surface area contributed by atoms with Crippen LogP contribution in [0.25, 0.3) is 0 Å². The number of anilines is 1. The van der Waals surface area contributed by atoms with E-state index in [9.17, 15) is 8.78 Å². The second kappa shape index (κ2) is 9.33. The van der Waals surface area contributed by atoms with Crippen LogP contribution in [0.2, 0.25) is 0 Å². The van der Waals surface area contributed by atoms with Crippen LogP contribution in [0.5, 0.6) is 0 Å². The van der Waals surface area contributed by atoms with Gasteiger partial charge in [0.05, 0.1) is 6.54 Å². The summed E-state index contributed by atoms with van der Waals surface area (Å²) in [5.41, 5.74) is 0.0586. The topological polar surface area (TPSA) is 39.7 Å². The van der Waals surface area contributed by atoms with Crippen LogP contribution >= 0.6 is 35.3 Å². The first-order chi connectivity index (χ1) is 11.7. The van der Waals surface area contributed by atoms with Crippen molar-refractivity contribution in [2.45, 2.75) is 19.0 Å². The van der Waals surface area contributed by atoms with E-state index in [2.05, 4.69) is 21.7 Å². The Bertz CT molecular complexity index is 688. The van der Waals surface area contributed by atoms with Crippen LogP contribution in [-0.2, 0) is 6.54 Å². The van der Waals surface area contributed by atoms with Crippen molar-refractivity contribution < 1.29 is 8.78 Å². The predicted octanol–water partition coefficient (Wildman–Crippen LogP) is 3.59. The van der Waals surface area contributed by atoms with E-state index in [-0.39, 0.29) is 35.7 Å². The van der Waals surface area contributed by atoms with Crippen molar-refractivity contribution in [3.63, 3.8) is 0 Å². The van der Waals surface area contributed by atoms with Crippen molar-refractivity contribution in [3.05, 3.63) is 52.2 Å². The van der Waals surface area contributed by atoms with E-state index in [4.69, 9.17) is 0 Å². The molecule has 2 aromatic rings. The third-order valence-electron chi connectivity index (χ3n) is 4.02. The SMILES string of the molecule is CN=C(NCc1cccs1)NC1CCN(c2c(F)cccc2F)C1.I. The van der Waals surface area contributed by atoms with Crippen LogP contribution < -0.4 is 15.5 Å². The minimum atomic E-state index is -0.518. The molecular formula is C17H21F2IN4S. The molecule has 0 bridgehead atoms. The molecule has 0 aliphatic carbocycles. The van der Waals surface area contributed by atoms with Gasteiger partial charge in [-0.2, -0.15) is 0 Å². The van der Waals surface area contributed by atoms with E-state index < -0.39 is 11.6 Å². The lowest BCUT2D eigenvalue weighted by Crippen LogP contribution is -2.44. The first-order valence-corrected chi connectivity index (χ1v) is 8.74. The summed E-state index contributed by atoms with van der Waals surface area (Å²) >= 11 is 1.68. The second-order valence-corrected chi connectivity index (χ2v) is 6.68. The molecule has 0 spiro atoms. The summed E-state index contributed by atoms with van der Waals surface area (Å²) < 4.78 is 27.8. The summed E-state index contributed by atoms with van der Waals surface area (Å²) in [6.45, 7) is 1.85. The lowest BCUT2D eigenvalue weighted by atomic mass is 10.2. The number of thiophene rings is 1. The van der Waals surface area contributed by atoms with E-state index in [0.29, 0.717) is 25.6 Å². The maximum Gasteiger partial charge on any atom is 0.191 e. The highest BCUT2D eigenvalue weighted by molar-refractivity contribution is 14.0. The number of para-hydroxylation sites is 1. The van der Waals surface area contributed by atoms with Gasteiger partial charge >= 0.3 is 0 Å². The molecule has 1 unspecified atom stereocenters. The zero-order valence-corrected chi connectivity index (χ0v) is 17.0. The number of hydrogen-bond acceptors (Lipinski definition) is 3. The molecule has 4 nitrogen and oxygen atoms in total. The van der Waals surface area contributed by atoms with E-state index >= 15 is 0 Å². The highest BCUT2D eigenvalue weighted by Gasteiger charge is 2.27. The van der Waals surface area contributed by atoms with Crippen LogP contribution in [0.15, 0.2) is 40.7 Å². The van der Waals surface area contributed by atoms with Gasteiger partial charge in [0, 0.05) is 31.1 Å².